The summed E-state index contributed by atoms with van der Waals surface area (Å²) in [5, 5.41) is 0. The van der Waals surface area contributed by atoms with Crippen molar-refractivity contribution in [3.63, 3.8) is 0 Å². The maximum atomic E-state index is 12.9. The molecule has 0 N–H and O–H groups in total. The van der Waals surface area contributed by atoms with Crippen LogP contribution in [0.15, 0.2) is 6.20 Å². The quantitative estimate of drug-likeness (QED) is 0.0484. The van der Waals surface area contributed by atoms with Crippen LogP contribution in [0.25, 0.3) is 0 Å². The number of unbranched alkanes of at least 4 members (excludes halogenated alkanes) is 24. The molecular weight excluding hydrogens is 707 g/mol. The summed E-state index contributed by atoms with van der Waals surface area (Å²) in [5.74, 6) is 1.13. The highest BCUT2D eigenvalue weighted by atomic mass is 16.5. The Labute approximate surface area is 354 Å². The molecule has 0 bridgehead atoms. The van der Waals surface area contributed by atoms with E-state index in [0.29, 0.717) is 19.4 Å². The molecule has 1 rings (SSSR count). The van der Waals surface area contributed by atoms with E-state index in [4.69, 9.17) is 9.47 Å². The number of carbonyl (C=O) groups is 2. The number of esters is 2. The monoisotopic (exact) mass is 802 g/mol. The summed E-state index contributed by atoms with van der Waals surface area (Å²) in [6, 6.07) is 0. The van der Waals surface area contributed by atoms with Gasteiger partial charge in [0.15, 0.2) is 0 Å². The average molecular weight is 802 g/mol. The third-order valence-electron chi connectivity index (χ3n) is 11.7. The summed E-state index contributed by atoms with van der Waals surface area (Å²) in [6.45, 7) is 16.0. The van der Waals surface area contributed by atoms with Crippen LogP contribution in [0.4, 0.5) is 0 Å². The molecule has 0 saturated heterocycles. The molecular formula is C50H95N3O4. The Morgan fingerprint density at radius 2 is 0.965 bits per heavy atom. The van der Waals surface area contributed by atoms with Gasteiger partial charge in [0, 0.05) is 25.6 Å². The number of carbonyl (C=O) groups excluding carboxylic acids is 2. The van der Waals surface area contributed by atoms with Crippen LogP contribution in [0, 0.1) is 13.8 Å². The van der Waals surface area contributed by atoms with E-state index < -0.39 is 0 Å². The zero-order chi connectivity index (χ0) is 41.4. The van der Waals surface area contributed by atoms with Gasteiger partial charge in [0.2, 0.25) is 0 Å². The normalized spacial score (nSPS) is 11.6. The molecule has 334 valence electrons. The second kappa shape index (κ2) is 39.6. The molecule has 0 amide bonds. The molecule has 7 nitrogen and oxygen atoms in total. The summed E-state index contributed by atoms with van der Waals surface area (Å²) in [7, 11) is 0. The van der Waals surface area contributed by atoms with Crippen LogP contribution in [0.5, 0.6) is 0 Å². The molecule has 0 aliphatic rings. The second-order valence-electron chi connectivity index (χ2n) is 17.4. The van der Waals surface area contributed by atoms with Gasteiger partial charge in [-0.2, -0.15) is 0 Å². The van der Waals surface area contributed by atoms with Crippen molar-refractivity contribution in [3.8, 4) is 0 Å². The lowest BCUT2D eigenvalue weighted by Gasteiger charge is -2.22. The first-order valence-electron chi connectivity index (χ1n) is 25.0. The number of imidazole rings is 1. The molecule has 0 atom stereocenters. The third-order valence-corrected chi connectivity index (χ3v) is 11.7. The smallest absolute Gasteiger partial charge is 0.306 e. The van der Waals surface area contributed by atoms with Crippen LogP contribution in [-0.4, -0.2) is 58.7 Å². The fourth-order valence-corrected chi connectivity index (χ4v) is 8.09. The predicted molar refractivity (Wildman–Crippen MR) is 243 cm³/mol. The minimum Gasteiger partial charge on any atom is -0.466 e. The predicted octanol–water partition coefficient (Wildman–Crippen LogP) is 14.6. The third kappa shape index (κ3) is 33.6. The first kappa shape index (κ1) is 53.1. The summed E-state index contributed by atoms with van der Waals surface area (Å²) >= 11 is 0. The van der Waals surface area contributed by atoms with Gasteiger partial charge in [-0.05, 0) is 97.7 Å². The van der Waals surface area contributed by atoms with Crippen molar-refractivity contribution >= 4 is 11.9 Å². The summed E-state index contributed by atoms with van der Waals surface area (Å²) < 4.78 is 13.9. The zero-order valence-corrected chi connectivity index (χ0v) is 38.7. The van der Waals surface area contributed by atoms with E-state index in [1.165, 1.54) is 154 Å². The molecule has 0 spiro atoms. The molecule has 0 radical (unpaired) electrons. The van der Waals surface area contributed by atoms with Crippen molar-refractivity contribution in [2.45, 2.75) is 266 Å². The number of nitrogens with zero attached hydrogens (tertiary/aromatic N) is 3. The highest BCUT2D eigenvalue weighted by molar-refractivity contribution is 5.69. The van der Waals surface area contributed by atoms with Crippen molar-refractivity contribution in [2.24, 2.45) is 0 Å². The van der Waals surface area contributed by atoms with Gasteiger partial charge in [-0.25, -0.2) is 4.98 Å². The molecule has 0 aliphatic heterocycles. The molecule has 1 aromatic rings. The van der Waals surface area contributed by atoms with Crippen LogP contribution < -0.4 is 0 Å². The van der Waals surface area contributed by atoms with Gasteiger partial charge < -0.3 is 18.9 Å². The molecule has 1 heterocycles. The summed E-state index contributed by atoms with van der Waals surface area (Å²) in [6.07, 6.45) is 42.2. The SMILES string of the molecule is CCCCCCCCCOC(=O)CCCCCCCN(CCCCCCCC(=O)OC(CCCCCCCC)CCCCCCCC)CCCn1cc(C)nc1C. The Morgan fingerprint density at radius 3 is 1.46 bits per heavy atom. The van der Waals surface area contributed by atoms with E-state index >= 15 is 0 Å². The molecule has 0 fully saturated rings. The van der Waals surface area contributed by atoms with Crippen molar-refractivity contribution in [3.05, 3.63) is 17.7 Å². The number of aryl methyl sites for hydroxylation is 3. The largest absolute Gasteiger partial charge is 0.466 e. The Balaban J connectivity index is 2.31. The van der Waals surface area contributed by atoms with E-state index in [-0.39, 0.29) is 18.0 Å². The lowest BCUT2D eigenvalue weighted by atomic mass is 10.0. The molecule has 0 unspecified atom stereocenters. The van der Waals surface area contributed by atoms with Gasteiger partial charge in [0.1, 0.15) is 11.9 Å². The Morgan fingerprint density at radius 1 is 0.544 bits per heavy atom. The van der Waals surface area contributed by atoms with Gasteiger partial charge >= 0.3 is 11.9 Å². The first-order valence-corrected chi connectivity index (χ1v) is 25.0. The number of hydrogen-bond donors (Lipinski definition) is 0. The van der Waals surface area contributed by atoms with Crippen molar-refractivity contribution in [1.82, 2.24) is 14.5 Å². The summed E-state index contributed by atoms with van der Waals surface area (Å²) in [4.78, 5) is 32.3. The minimum atomic E-state index is -0.0124. The van der Waals surface area contributed by atoms with E-state index in [1.807, 2.05) is 0 Å². The summed E-state index contributed by atoms with van der Waals surface area (Å²) in [5.41, 5.74) is 1.10. The maximum Gasteiger partial charge on any atom is 0.306 e. The number of ether oxygens (including phenoxy) is 2. The lowest BCUT2D eigenvalue weighted by Crippen LogP contribution is -2.28. The standard InChI is InChI=1S/C50H95N3O4/c1-6-9-12-15-18-27-34-44-56-49(54)38-30-23-19-25-32-40-52(42-35-43-53-45-46(4)51-47(53)5)41-33-26-20-24-31-39-50(55)57-48(36-28-21-16-13-10-7-2)37-29-22-17-14-11-8-3/h45,48H,6-44H2,1-5H3. The molecule has 0 aliphatic carbocycles. The Bertz CT molecular complexity index is 1030. The molecule has 57 heavy (non-hydrogen) atoms. The maximum absolute atomic E-state index is 12.9. The lowest BCUT2D eigenvalue weighted by molar-refractivity contribution is -0.150. The van der Waals surface area contributed by atoms with Crippen LogP contribution >= 0.6 is 0 Å². The van der Waals surface area contributed by atoms with Gasteiger partial charge in [0.05, 0.1) is 12.3 Å². The van der Waals surface area contributed by atoms with Crippen LogP contribution in [0.3, 0.4) is 0 Å². The van der Waals surface area contributed by atoms with E-state index in [1.54, 1.807) is 0 Å². The average Bonchev–Trinajstić information content (AvgIpc) is 3.52. The molecule has 1 aromatic heterocycles. The van der Waals surface area contributed by atoms with Gasteiger partial charge in [-0.15, -0.1) is 0 Å². The molecule has 0 saturated carbocycles. The van der Waals surface area contributed by atoms with E-state index in [9.17, 15) is 9.59 Å². The fourth-order valence-electron chi connectivity index (χ4n) is 8.09. The first-order chi connectivity index (χ1) is 27.9. The highest BCUT2D eigenvalue weighted by Crippen LogP contribution is 2.19. The fraction of sp³-hybridized carbons (Fsp3) is 0.900. The molecule has 0 aromatic carbocycles. The number of rotatable bonds is 43. The van der Waals surface area contributed by atoms with E-state index in [0.717, 1.165) is 89.1 Å². The van der Waals surface area contributed by atoms with Crippen molar-refractivity contribution in [2.75, 3.05) is 26.2 Å². The van der Waals surface area contributed by atoms with Gasteiger partial charge in [0.25, 0.3) is 0 Å². The Hall–Kier alpha value is -1.89. The zero-order valence-electron chi connectivity index (χ0n) is 38.7. The number of aromatic nitrogens is 2. The van der Waals surface area contributed by atoms with Gasteiger partial charge in [-0.1, -0.05) is 162 Å². The van der Waals surface area contributed by atoms with Crippen LogP contribution in [0.2, 0.25) is 0 Å². The van der Waals surface area contributed by atoms with E-state index in [2.05, 4.69) is 55.3 Å². The Kier molecular flexibility index (Phi) is 36.9. The van der Waals surface area contributed by atoms with Gasteiger partial charge in [-0.3, -0.25) is 9.59 Å². The highest BCUT2D eigenvalue weighted by Gasteiger charge is 2.15. The van der Waals surface area contributed by atoms with Crippen molar-refractivity contribution < 1.29 is 19.1 Å². The number of hydrogen-bond acceptors (Lipinski definition) is 6. The van der Waals surface area contributed by atoms with Crippen LogP contribution in [0.1, 0.15) is 251 Å². The second-order valence-corrected chi connectivity index (χ2v) is 17.4. The molecule has 7 heteroatoms. The van der Waals surface area contributed by atoms with Crippen LogP contribution in [-0.2, 0) is 25.6 Å². The minimum absolute atomic E-state index is 0.0124. The van der Waals surface area contributed by atoms with Crippen molar-refractivity contribution in [1.29, 1.82) is 0 Å². The topological polar surface area (TPSA) is 73.7 Å².